The number of fused-ring (bicyclic) bond motifs is 1. The maximum Gasteiger partial charge on any atom is 0.253 e. The van der Waals surface area contributed by atoms with Crippen LogP contribution in [0, 0.1) is 0 Å². The number of nitrogens with zero attached hydrogens (tertiary/aromatic N) is 1. The second kappa shape index (κ2) is 7.87. The minimum Gasteiger partial charge on any atom is -0.508 e. The van der Waals surface area contributed by atoms with E-state index in [2.05, 4.69) is 11.9 Å². The van der Waals surface area contributed by atoms with Crippen LogP contribution in [0.4, 0.5) is 0 Å². The van der Waals surface area contributed by atoms with Crippen LogP contribution in [-0.2, 0) is 24.2 Å². The average molecular weight is 350 g/mol. The van der Waals surface area contributed by atoms with Gasteiger partial charge in [-0.1, -0.05) is 24.8 Å². The molecule has 1 aliphatic rings. The van der Waals surface area contributed by atoms with E-state index in [1.54, 1.807) is 24.3 Å². The first kappa shape index (κ1) is 17.7. The molecule has 2 aromatic rings. The van der Waals surface area contributed by atoms with Crippen molar-refractivity contribution in [3.05, 3.63) is 77.4 Å². The number of benzene rings is 2. The lowest BCUT2D eigenvalue weighted by atomic mass is 10.0. The summed E-state index contributed by atoms with van der Waals surface area (Å²) in [7, 11) is 0. The molecule has 0 aromatic heterocycles. The molecule has 0 bridgehead atoms. The Kier molecular flexibility index (Phi) is 5.37. The van der Waals surface area contributed by atoms with Crippen molar-refractivity contribution in [1.82, 2.24) is 10.2 Å². The van der Waals surface area contributed by atoms with E-state index in [1.807, 2.05) is 23.1 Å². The van der Waals surface area contributed by atoms with Crippen LogP contribution in [-0.4, -0.2) is 34.9 Å². The Balaban J connectivity index is 1.64. The molecular weight excluding hydrogens is 328 g/mol. The first-order valence-electron chi connectivity index (χ1n) is 8.66. The normalized spacial score (nSPS) is 13.5. The highest BCUT2D eigenvalue weighted by Crippen LogP contribution is 2.21. The molecule has 5 nitrogen and oxygen atoms in total. The molecule has 26 heavy (non-hydrogen) atoms. The molecule has 2 aromatic carbocycles. The van der Waals surface area contributed by atoms with Crippen LogP contribution in [0.3, 0.4) is 0 Å². The van der Waals surface area contributed by atoms with E-state index in [9.17, 15) is 14.7 Å². The molecule has 134 valence electrons. The molecule has 1 aliphatic heterocycles. The van der Waals surface area contributed by atoms with E-state index in [4.69, 9.17) is 0 Å². The van der Waals surface area contributed by atoms with Gasteiger partial charge in [-0.2, -0.15) is 0 Å². The van der Waals surface area contributed by atoms with Crippen LogP contribution in [0.2, 0.25) is 0 Å². The zero-order valence-electron chi connectivity index (χ0n) is 14.6. The monoisotopic (exact) mass is 350 g/mol. The van der Waals surface area contributed by atoms with Crippen molar-refractivity contribution in [2.75, 3.05) is 13.1 Å². The van der Waals surface area contributed by atoms with Gasteiger partial charge in [0.25, 0.3) is 5.91 Å². The van der Waals surface area contributed by atoms with E-state index >= 15 is 0 Å². The fraction of sp³-hybridized carbons (Fsp3) is 0.238. The Morgan fingerprint density at radius 3 is 2.46 bits per heavy atom. The van der Waals surface area contributed by atoms with Crippen LogP contribution in [0.1, 0.15) is 27.0 Å². The predicted octanol–water partition coefficient (Wildman–Crippen LogP) is 2.44. The number of rotatable bonds is 4. The van der Waals surface area contributed by atoms with Crippen molar-refractivity contribution in [3.8, 4) is 5.75 Å². The number of hydrogen-bond acceptors (Lipinski definition) is 3. The van der Waals surface area contributed by atoms with Gasteiger partial charge in [-0.15, -0.1) is 0 Å². The van der Waals surface area contributed by atoms with E-state index in [-0.39, 0.29) is 17.6 Å². The van der Waals surface area contributed by atoms with Gasteiger partial charge in [0.15, 0.2) is 0 Å². The lowest BCUT2D eigenvalue weighted by Gasteiger charge is -2.20. The molecule has 2 N–H and O–H groups in total. The number of carbonyl (C=O) groups is 2. The Bertz CT molecular complexity index is 828. The largest absolute Gasteiger partial charge is 0.508 e. The fourth-order valence-electron chi connectivity index (χ4n) is 3.12. The summed E-state index contributed by atoms with van der Waals surface area (Å²) >= 11 is 0. The Morgan fingerprint density at radius 1 is 1.08 bits per heavy atom. The lowest BCUT2D eigenvalue weighted by molar-refractivity contribution is -0.116. The molecule has 1 heterocycles. The van der Waals surface area contributed by atoms with Gasteiger partial charge in [-0.3, -0.25) is 9.59 Å². The molecule has 0 unspecified atom stereocenters. The Labute approximate surface area is 153 Å². The summed E-state index contributed by atoms with van der Waals surface area (Å²) in [5, 5.41) is 12.4. The molecule has 3 rings (SSSR count). The second-order valence-electron chi connectivity index (χ2n) is 6.36. The molecule has 0 saturated heterocycles. The molecule has 5 heteroatoms. The van der Waals surface area contributed by atoms with E-state index in [0.29, 0.717) is 25.2 Å². The van der Waals surface area contributed by atoms with Crippen molar-refractivity contribution >= 4 is 11.8 Å². The smallest absolute Gasteiger partial charge is 0.253 e. The summed E-state index contributed by atoms with van der Waals surface area (Å²) in [4.78, 5) is 25.8. The van der Waals surface area contributed by atoms with Crippen molar-refractivity contribution < 1.29 is 14.7 Å². The van der Waals surface area contributed by atoms with Crippen molar-refractivity contribution in [2.24, 2.45) is 0 Å². The summed E-state index contributed by atoms with van der Waals surface area (Å²) < 4.78 is 0. The highest BCUT2D eigenvalue weighted by Gasteiger charge is 2.20. The van der Waals surface area contributed by atoms with Gasteiger partial charge in [0.1, 0.15) is 5.75 Å². The number of carbonyl (C=O) groups excluding carboxylic acids is 2. The van der Waals surface area contributed by atoms with Gasteiger partial charge < -0.3 is 15.3 Å². The van der Waals surface area contributed by atoms with Gasteiger partial charge in [0.05, 0.1) is 0 Å². The van der Waals surface area contributed by atoms with Gasteiger partial charge in [0, 0.05) is 25.2 Å². The lowest BCUT2D eigenvalue weighted by Crippen LogP contribution is -2.33. The Morgan fingerprint density at radius 2 is 1.77 bits per heavy atom. The summed E-state index contributed by atoms with van der Waals surface area (Å²) in [6, 6.07) is 12.7. The molecule has 0 saturated carbocycles. The predicted molar refractivity (Wildman–Crippen MR) is 99.9 cm³/mol. The van der Waals surface area contributed by atoms with Gasteiger partial charge in [-0.25, -0.2) is 0 Å². The zero-order chi connectivity index (χ0) is 18.5. The third kappa shape index (κ3) is 4.11. The summed E-state index contributed by atoms with van der Waals surface area (Å²) in [6.45, 7) is 5.11. The molecule has 0 fully saturated rings. The topological polar surface area (TPSA) is 69.6 Å². The molecule has 0 aliphatic carbocycles. The molecule has 0 spiro atoms. The molecule has 0 radical (unpaired) electrons. The third-order valence-corrected chi connectivity index (χ3v) is 4.63. The van der Waals surface area contributed by atoms with Crippen molar-refractivity contribution in [3.63, 3.8) is 0 Å². The highest BCUT2D eigenvalue weighted by atomic mass is 16.3. The first-order chi connectivity index (χ1) is 12.6. The van der Waals surface area contributed by atoms with Crippen LogP contribution in [0.5, 0.6) is 5.75 Å². The minimum atomic E-state index is -0.222. The zero-order valence-corrected chi connectivity index (χ0v) is 14.6. The van der Waals surface area contributed by atoms with E-state index in [1.165, 1.54) is 11.6 Å². The van der Waals surface area contributed by atoms with Crippen LogP contribution >= 0.6 is 0 Å². The number of hydrogen-bond donors (Lipinski definition) is 2. The summed E-state index contributed by atoms with van der Waals surface area (Å²) in [5.74, 6) is 0.0479. The standard InChI is InChI=1S/C21H22N2O3/c1-2-20(25)22-14-15-3-5-17(6-4-15)21(26)23-11-9-16-7-8-19(24)13-18(16)10-12-23/h2-8,13,24H,1,9-12,14H2,(H,22,25). The second-order valence-corrected chi connectivity index (χ2v) is 6.36. The SMILES string of the molecule is C=CC(=O)NCc1ccc(C(=O)N2CCc3ccc(O)cc3CC2)cc1. The van der Waals surface area contributed by atoms with Crippen molar-refractivity contribution in [1.29, 1.82) is 0 Å². The summed E-state index contributed by atoms with van der Waals surface area (Å²) in [5.41, 5.74) is 3.85. The minimum absolute atomic E-state index is 0.00343. The number of phenolic OH excluding ortho intramolecular Hbond substituents is 1. The third-order valence-electron chi connectivity index (χ3n) is 4.63. The van der Waals surface area contributed by atoms with Crippen molar-refractivity contribution in [2.45, 2.75) is 19.4 Å². The molecule has 0 atom stereocenters. The quantitative estimate of drug-likeness (QED) is 0.832. The Hall–Kier alpha value is -3.08. The van der Waals surface area contributed by atoms with E-state index < -0.39 is 0 Å². The number of nitrogens with one attached hydrogen (secondary N) is 1. The van der Waals surface area contributed by atoms with Crippen LogP contribution in [0.15, 0.2) is 55.1 Å². The summed E-state index contributed by atoms with van der Waals surface area (Å²) in [6.07, 6.45) is 2.75. The van der Waals surface area contributed by atoms with Gasteiger partial charge in [0.2, 0.25) is 5.91 Å². The maximum atomic E-state index is 12.8. The van der Waals surface area contributed by atoms with Gasteiger partial charge >= 0.3 is 0 Å². The number of phenols is 1. The first-order valence-corrected chi connectivity index (χ1v) is 8.66. The average Bonchev–Trinajstić information content (AvgIpc) is 2.88. The highest BCUT2D eigenvalue weighted by molar-refractivity contribution is 5.94. The number of aromatic hydroxyl groups is 1. The van der Waals surface area contributed by atoms with Gasteiger partial charge in [-0.05, 0) is 59.9 Å². The molecule has 2 amide bonds. The maximum absolute atomic E-state index is 12.8. The fourth-order valence-corrected chi connectivity index (χ4v) is 3.12. The molecular formula is C21H22N2O3. The van der Waals surface area contributed by atoms with Crippen LogP contribution in [0.25, 0.3) is 0 Å². The van der Waals surface area contributed by atoms with Crippen LogP contribution < -0.4 is 5.32 Å². The number of amides is 2. The van der Waals surface area contributed by atoms with E-state index in [0.717, 1.165) is 24.0 Å².